The smallest absolute Gasteiger partial charge is 0.211 e. The van der Waals surface area contributed by atoms with Crippen molar-refractivity contribution < 1.29 is 4.79 Å². The molecule has 76 valence electrons. The fourth-order valence-electron chi connectivity index (χ4n) is 1.40. The van der Waals surface area contributed by atoms with E-state index in [4.69, 9.17) is 11.5 Å². The maximum absolute atomic E-state index is 11.9. The highest BCUT2D eigenvalue weighted by Crippen LogP contribution is 2.18. The number of nitrogens with two attached hydrogens (primary N) is 2. The van der Waals surface area contributed by atoms with Gasteiger partial charge in [-0.3, -0.25) is 4.79 Å². The summed E-state index contributed by atoms with van der Waals surface area (Å²) in [6, 6.07) is 8.34. The molecule has 15 heavy (non-hydrogen) atoms. The van der Waals surface area contributed by atoms with Crippen LogP contribution in [0.3, 0.4) is 0 Å². The molecule has 0 aliphatic heterocycles. The van der Waals surface area contributed by atoms with Gasteiger partial charge in [0.15, 0.2) is 0 Å². The maximum atomic E-state index is 11.9. The average Bonchev–Trinajstić information content (AvgIpc) is 2.69. The van der Waals surface area contributed by atoms with E-state index >= 15 is 0 Å². The molecule has 0 unspecified atom stereocenters. The van der Waals surface area contributed by atoms with Gasteiger partial charge in [-0.25, -0.2) is 0 Å². The van der Waals surface area contributed by atoms with Crippen molar-refractivity contribution in [2.24, 2.45) is 0 Å². The number of benzene rings is 1. The van der Waals surface area contributed by atoms with Crippen molar-refractivity contribution in [1.82, 2.24) is 4.98 Å². The zero-order valence-corrected chi connectivity index (χ0v) is 8.03. The zero-order chi connectivity index (χ0) is 10.8. The minimum Gasteiger partial charge on any atom is -0.399 e. The van der Waals surface area contributed by atoms with E-state index in [0.717, 1.165) is 0 Å². The number of carbonyl (C=O) groups is 1. The lowest BCUT2D eigenvalue weighted by Crippen LogP contribution is -2.06. The van der Waals surface area contributed by atoms with E-state index in [0.29, 0.717) is 22.6 Å². The van der Waals surface area contributed by atoms with Gasteiger partial charge >= 0.3 is 0 Å². The molecular formula is C11H11N3O. The molecule has 2 rings (SSSR count). The molecule has 0 atom stereocenters. The molecule has 0 fully saturated rings. The van der Waals surface area contributed by atoms with Crippen LogP contribution in [0, 0.1) is 0 Å². The molecule has 0 bridgehead atoms. The number of aromatic amines is 1. The van der Waals surface area contributed by atoms with Crippen molar-refractivity contribution in [2.75, 3.05) is 11.5 Å². The van der Waals surface area contributed by atoms with Crippen LogP contribution in [0.2, 0.25) is 0 Å². The SMILES string of the molecule is Nc1ccc(C(=O)c2ccc[nH]2)c(N)c1. The molecule has 0 aliphatic rings. The van der Waals surface area contributed by atoms with Gasteiger partial charge in [-0.15, -0.1) is 0 Å². The number of nitrogens with one attached hydrogen (secondary N) is 1. The number of hydrogen-bond acceptors (Lipinski definition) is 3. The minimum absolute atomic E-state index is 0.127. The number of nitrogen functional groups attached to an aromatic ring is 2. The molecule has 0 spiro atoms. The van der Waals surface area contributed by atoms with Gasteiger partial charge in [0, 0.05) is 23.1 Å². The van der Waals surface area contributed by atoms with E-state index in [1.54, 1.807) is 36.5 Å². The van der Waals surface area contributed by atoms with E-state index in [1.165, 1.54) is 0 Å². The van der Waals surface area contributed by atoms with Crippen LogP contribution in [-0.4, -0.2) is 10.8 Å². The third-order valence-corrected chi connectivity index (χ3v) is 2.16. The Balaban J connectivity index is 2.42. The summed E-state index contributed by atoms with van der Waals surface area (Å²) in [4.78, 5) is 14.7. The standard InChI is InChI=1S/C11H11N3O/c12-7-3-4-8(9(13)6-7)11(15)10-2-1-5-14-10/h1-6,14H,12-13H2. The molecule has 0 saturated carbocycles. The van der Waals surface area contributed by atoms with Gasteiger partial charge in [0.1, 0.15) is 0 Å². The van der Waals surface area contributed by atoms with Gasteiger partial charge < -0.3 is 16.5 Å². The third kappa shape index (κ3) is 1.69. The summed E-state index contributed by atoms with van der Waals surface area (Å²) >= 11 is 0. The number of hydrogen-bond donors (Lipinski definition) is 3. The van der Waals surface area contributed by atoms with E-state index < -0.39 is 0 Å². The average molecular weight is 201 g/mol. The molecule has 0 aliphatic carbocycles. The van der Waals surface area contributed by atoms with Gasteiger partial charge in [-0.1, -0.05) is 0 Å². The fourth-order valence-corrected chi connectivity index (χ4v) is 1.40. The van der Waals surface area contributed by atoms with Gasteiger partial charge in [0.05, 0.1) is 5.69 Å². The first-order valence-corrected chi connectivity index (χ1v) is 4.51. The van der Waals surface area contributed by atoms with Gasteiger partial charge in [0.2, 0.25) is 5.78 Å². The number of aromatic nitrogens is 1. The van der Waals surface area contributed by atoms with Crippen LogP contribution in [-0.2, 0) is 0 Å². The summed E-state index contributed by atoms with van der Waals surface area (Å²) in [5.41, 5.74) is 13.2. The molecule has 5 N–H and O–H groups in total. The van der Waals surface area contributed by atoms with Crippen LogP contribution in [0.1, 0.15) is 16.1 Å². The van der Waals surface area contributed by atoms with Crippen LogP contribution >= 0.6 is 0 Å². The van der Waals surface area contributed by atoms with Crippen LogP contribution in [0.4, 0.5) is 11.4 Å². The first kappa shape index (κ1) is 9.33. The maximum Gasteiger partial charge on any atom is 0.211 e. The normalized spacial score (nSPS) is 10.1. The Morgan fingerprint density at radius 3 is 2.60 bits per heavy atom. The molecule has 4 nitrogen and oxygen atoms in total. The monoisotopic (exact) mass is 201 g/mol. The van der Waals surface area contributed by atoms with Crippen LogP contribution < -0.4 is 11.5 Å². The highest BCUT2D eigenvalue weighted by atomic mass is 16.1. The van der Waals surface area contributed by atoms with Gasteiger partial charge in [0.25, 0.3) is 0 Å². The molecule has 1 heterocycles. The van der Waals surface area contributed by atoms with E-state index in [1.807, 2.05) is 0 Å². The van der Waals surface area contributed by atoms with E-state index in [-0.39, 0.29) is 5.78 Å². The second-order valence-electron chi connectivity index (χ2n) is 3.26. The largest absolute Gasteiger partial charge is 0.399 e. The number of rotatable bonds is 2. The predicted octanol–water partition coefficient (Wildman–Crippen LogP) is 1.41. The Hall–Kier alpha value is -2.23. The first-order chi connectivity index (χ1) is 7.18. The van der Waals surface area contributed by atoms with Crippen LogP contribution in [0.25, 0.3) is 0 Å². The van der Waals surface area contributed by atoms with Crippen molar-refractivity contribution in [1.29, 1.82) is 0 Å². The van der Waals surface area contributed by atoms with Crippen molar-refractivity contribution >= 4 is 17.2 Å². The molecule has 4 heteroatoms. The summed E-state index contributed by atoms with van der Waals surface area (Å²) in [7, 11) is 0. The summed E-state index contributed by atoms with van der Waals surface area (Å²) in [6.07, 6.45) is 1.70. The summed E-state index contributed by atoms with van der Waals surface area (Å²) in [5, 5.41) is 0. The fraction of sp³-hybridized carbons (Fsp3) is 0. The highest BCUT2D eigenvalue weighted by Gasteiger charge is 2.12. The molecule has 0 radical (unpaired) electrons. The van der Waals surface area contributed by atoms with Crippen LogP contribution in [0.5, 0.6) is 0 Å². The van der Waals surface area contributed by atoms with Crippen molar-refractivity contribution in [3.8, 4) is 0 Å². The Morgan fingerprint density at radius 1 is 1.20 bits per heavy atom. The Bertz CT molecular complexity index is 489. The lowest BCUT2D eigenvalue weighted by atomic mass is 10.1. The third-order valence-electron chi connectivity index (χ3n) is 2.16. The second-order valence-corrected chi connectivity index (χ2v) is 3.26. The highest BCUT2D eigenvalue weighted by molar-refractivity contribution is 6.11. The predicted molar refractivity (Wildman–Crippen MR) is 59.5 cm³/mol. The van der Waals surface area contributed by atoms with Gasteiger partial charge in [-0.2, -0.15) is 0 Å². The summed E-state index contributed by atoms with van der Waals surface area (Å²) in [6.45, 7) is 0. The topological polar surface area (TPSA) is 84.9 Å². The summed E-state index contributed by atoms with van der Waals surface area (Å²) in [5.74, 6) is -0.127. The minimum atomic E-state index is -0.127. The number of H-pyrrole nitrogens is 1. The van der Waals surface area contributed by atoms with Crippen molar-refractivity contribution in [2.45, 2.75) is 0 Å². The molecule has 1 aromatic heterocycles. The van der Waals surface area contributed by atoms with Crippen molar-refractivity contribution in [3.63, 3.8) is 0 Å². The molecule has 2 aromatic rings. The molecule has 0 saturated heterocycles. The lowest BCUT2D eigenvalue weighted by Gasteiger charge is -2.04. The van der Waals surface area contributed by atoms with E-state index in [2.05, 4.69) is 4.98 Å². The number of anilines is 2. The zero-order valence-electron chi connectivity index (χ0n) is 8.03. The Morgan fingerprint density at radius 2 is 2.00 bits per heavy atom. The second kappa shape index (κ2) is 3.49. The molecule has 1 aromatic carbocycles. The molecular weight excluding hydrogens is 190 g/mol. The molecule has 0 amide bonds. The number of ketones is 1. The van der Waals surface area contributed by atoms with Crippen LogP contribution in [0.15, 0.2) is 36.5 Å². The van der Waals surface area contributed by atoms with Gasteiger partial charge in [-0.05, 0) is 30.3 Å². The first-order valence-electron chi connectivity index (χ1n) is 4.51. The lowest BCUT2D eigenvalue weighted by molar-refractivity contribution is 0.103. The Kier molecular flexibility index (Phi) is 2.17. The Labute approximate surface area is 86.9 Å². The van der Waals surface area contributed by atoms with Crippen molar-refractivity contribution in [3.05, 3.63) is 47.8 Å². The quantitative estimate of drug-likeness (QED) is 0.507. The number of carbonyl (C=O) groups excluding carboxylic acids is 1. The van der Waals surface area contributed by atoms with E-state index in [9.17, 15) is 4.79 Å². The summed E-state index contributed by atoms with van der Waals surface area (Å²) < 4.78 is 0.